The first-order valence-electron chi connectivity index (χ1n) is 5.78. The Bertz CT molecular complexity index is 268. The quantitative estimate of drug-likeness (QED) is 0.506. The second-order valence-electron chi connectivity index (χ2n) is 5.37. The molecule has 0 aromatic carbocycles. The van der Waals surface area contributed by atoms with Gasteiger partial charge in [-0.2, -0.15) is 0 Å². The monoisotopic (exact) mass is 210 g/mol. The molecular formula is C11H22N4. The van der Waals surface area contributed by atoms with Gasteiger partial charge in [0, 0.05) is 25.2 Å². The van der Waals surface area contributed by atoms with Crippen LogP contribution in [0.4, 0.5) is 0 Å². The average Bonchev–Trinajstić information content (AvgIpc) is 2.93. The molecule has 0 radical (unpaired) electrons. The molecule has 2 rings (SSSR count). The number of guanidine groups is 1. The summed E-state index contributed by atoms with van der Waals surface area (Å²) in [5.74, 6) is 0.749. The standard InChI is InChI=1S/C11H22N4/c1-11(2)8-15(7-6-14(11)3)10(12)13-9-4-5-9/h9H,4-8H2,1-3H3,(H2,12,13). The maximum Gasteiger partial charge on any atom is 0.191 e. The van der Waals surface area contributed by atoms with E-state index in [2.05, 4.69) is 35.7 Å². The molecule has 0 unspecified atom stereocenters. The predicted octanol–water partition coefficient (Wildman–Crippen LogP) is 0.490. The van der Waals surface area contributed by atoms with Crippen molar-refractivity contribution in [3.8, 4) is 0 Å². The van der Waals surface area contributed by atoms with E-state index < -0.39 is 0 Å². The molecule has 1 heterocycles. The van der Waals surface area contributed by atoms with Gasteiger partial charge in [0.1, 0.15) is 0 Å². The minimum absolute atomic E-state index is 0.196. The van der Waals surface area contributed by atoms with Crippen LogP contribution in [0.5, 0.6) is 0 Å². The molecule has 4 nitrogen and oxygen atoms in total. The topological polar surface area (TPSA) is 44.9 Å². The van der Waals surface area contributed by atoms with E-state index in [0.717, 1.165) is 25.6 Å². The van der Waals surface area contributed by atoms with Gasteiger partial charge in [0.2, 0.25) is 0 Å². The number of aliphatic imine (C=N–C) groups is 1. The maximum absolute atomic E-state index is 6.01. The van der Waals surface area contributed by atoms with E-state index in [1.165, 1.54) is 12.8 Å². The molecule has 0 amide bonds. The van der Waals surface area contributed by atoms with Gasteiger partial charge in [-0.3, -0.25) is 4.90 Å². The summed E-state index contributed by atoms with van der Waals surface area (Å²) in [4.78, 5) is 9.11. The van der Waals surface area contributed by atoms with Crippen molar-refractivity contribution in [2.45, 2.75) is 38.3 Å². The lowest BCUT2D eigenvalue weighted by Crippen LogP contribution is -2.60. The highest BCUT2D eigenvalue weighted by atomic mass is 15.3. The molecule has 86 valence electrons. The Morgan fingerprint density at radius 1 is 1.33 bits per heavy atom. The Hall–Kier alpha value is -0.770. The summed E-state index contributed by atoms with van der Waals surface area (Å²) in [6.45, 7) is 7.55. The number of piperazine rings is 1. The van der Waals surface area contributed by atoms with Gasteiger partial charge >= 0.3 is 0 Å². The Morgan fingerprint density at radius 3 is 2.53 bits per heavy atom. The van der Waals surface area contributed by atoms with Gasteiger partial charge < -0.3 is 10.6 Å². The van der Waals surface area contributed by atoms with Gasteiger partial charge in [-0.05, 0) is 33.7 Å². The molecule has 1 saturated carbocycles. The largest absolute Gasteiger partial charge is 0.370 e. The summed E-state index contributed by atoms with van der Waals surface area (Å²) in [5.41, 5.74) is 6.21. The molecule has 2 N–H and O–H groups in total. The first kappa shape index (κ1) is 10.7. The summed E-state index contributed by atoms with van der Waals surface area (Å²) in [5, 5.41) is 0. The van der Waals surface area contributed by atoms with Crippen molar-refractivity contribution < 1.29 is 0 Å². The lowest BCUT2D eigenvalue weighted by molar-refractivity contribution is 0.0737. The van der Waals surface area contributed by atoms with Crippen LogP contribution in [0.3, 0.4) is 0 Å². The summed E-state index contributed by atoms with van der Waals surface area (Å²) < 4.78 is 0. The Labute approximate surface area is 92.1 Å². The Balaban J connectivity index is 1.99. The summed E-state index contributed by atoms with van der Waals surface area (Å²) >= 11 is 0. The van der Waals surface area contributed by atoms with Crippen molar-refractivity contribution in [2.24, 2.45) is 10.7 Å². The van der Waals surface area contributed by atoms with Crippen LogP contribution in [0.1, 0.15) is 26.7 Å². The minimum atomic E-state index is 0.196. The first-order valence-corrected chi connectivity index (χ1v) is 5.78. The average molecular weight is 210 g/mol. The van der Waals surface area contributed by atoms with Crippen molar-refractivity contribution in [2.75, 3.05) is 26.7 Å². The molecule has 2 aliphatic rings. The molecule has 1 aliphatic heterocycles. The predicted molar refractivity (Wildman–Crippen MR) is 62.9 cm³/mol. The van der Waals surface area contributed by atoms with Crippen molar-refractivity contribution >= 4 is 5.96 Å². The number of hydrogen-bond donors (Lipinski definition) is 1. The van der Waals surface area contributed by atoms with Crippen molar-refractivity contribution in [3.05, 3.63) is 0 Å². The fraction of sp³-hybridized carbons (Fsp3) is 0.909. The van der Waals surface area contributed by atoms with Crippen LogP contribution >= 0.6 is 0 Å². The molecule has 0 atom stereocenters. The second-order valence-corrected chi connectivity index (χ2v) is 5.37. The third-order valence-electron chi connectivity index (χ3n) is 3.50. The smallest absolute Gasteiger partial charge is 0.191 e. The van der Waals surface area contributed by atoms with E-state index in [9.17, 15) is 0 Å². The summed E-state index contributed by atoms with van der Waals surface area (Å²) in [6, 6.07) is 0.521. The van der Waals surface area contributed by atoms with Crippen LogP contribution < -0.4 is 5.73 Å². The molecular weight excluding hydrogens is 188 g/mol. The Morgan fingerprint density at radius 2 is 2.00 bits per heavy atom. The summed E-state index contributed by atoms with van der Waals surface area (Å²) in [6.07, 6.45) is 2.44. The lowest BCUT2D eigenvalue weighted by atomic mass is 10.0. The van der Waals surface area contributed by atoms with Crippen LogP contribution in [0.2, 0.25) is 0 Å². The van der Waals surface area contributed by atoms with E-state index in [1.807, 2.05) is 0 Å². The zero-order valence-corrected chi connectivity index (χ0v) is 10.0. The highest BCUT2D eigenvalue weighted by molar-refractivity contribution is 5.78. The molecule has 15 heavy (non-hydrogen) atoms. The first-order chi connectivity index (χ1) is 6.99. The number of rotatable bonds is 1. The number of nitrogens with two attached hydrogens (primary N) is 1. The normalized spacial score (nSPS) is 28.2. The highest BCUT2D eigenvalue weighted by Crippen LogP contribution is 2.24. The van der Waals surface area contributed by atoms with Gasteiger partial charge in [-0.15, -0.1) is 0 Å². The van der Waals surface area contributed by atoms with Gasteiger partial charge in [-0.25, -0.2) is 4.99 Å². The molecule has 2 fully saturated rings. The van der Waals surface area contributed by atoms with Gasteiger partial charge in [0.15, 0.2) is 5.96 Å². The molecule has 0 spiro atoms. The van der Waals surface area contributed by atoms with Crippen LogP contribution in [-0.2, 0) is 0 Å². The van der Waals surface area contributed by atoms with Crippen LogP contribution in [0, 0.1) is 0 Å². The van der Waals surface area contributed by atoms with E-state index in [1.54, 1.807) is 0 Å². The molecule has 0 bridgehead atoms. The van der Waals surface area contributed by atoms with Crippen LogP contribution in [-0.4, -0.2) is 54.0 Å². The van der Waals surface area contributed by atoms with Gasteiger partial charge in [-0.1, -0.05) is 0 Å². The fourth-order valence-corrected chi connectivity index (χ4v) is 1.91. The number of likely N-dealkylation sites (N-methyl/N-ethyl adjacent to an activating group) is 1. The number of nitrogens with zero attached hydrogens (tertiary/aromatic N) is 3. The Kier molecular flexibility index (Phi) is 2.63. The highest BCUT2D eigenvalue weighted by Gasteiger charge is 2.32. The minimum Gasteiger partial charge on any atom is -0.370 e. The van der Waals surface area contributed by atoms with Gasteiger partial charge in [0.25, 0.3) is 0 Å². The van der Waals surface area contributed by atoms with Crippen LogP contribution in [0.15, 0.2) is 4.99 Å². The van der Waals surface area contributed by atoms with E-state index in [-0.39, 0.29) is 5.54 Å². The third-order valence-corrected chi connectivity index (χ3v) is 3.50. The van der Waals surface area contributed by atoms with E-state index in [0.29, 0.717) is 6.04 Å². The molecule has 1 saturated heterocycles. The maximum atomic E-state index is 6.01. The van der Waals surface area contributed by atoms with Crippen LogP contribution in [0.25, 0.3) is 0 Å². The summed E-state index contributed by atoms with van der Waals surface area (Å²) in [7, 11) is 2.17. The van der Waals surface area contributed by atoms with Gasteiger partial charge in [0.05, 0.1) is 6.04 Å². The lowest BCUT2D eigenvalue weighted by Gasteiger charge is -2.45. The number of hydrogen-bond acceptors (Lipinski definition) is 2. The van der Waals surface area contributed by atoms with Crippen molar-refractivity contribution in [1.29, 1.82) is 0 Å². The molecule has 0 aromatic heterocycles. The molecule has 4 heteroatoms. The van der Waals surface area contributed by atoms with E-state index >= 15 is 0 Å². The fourth-order valence-electron chi connectivity index (χ4n) is 1.91. The SMILES string of the molecule is CN1CCN(C(N)=NC2CC2)CC1(C)C. The van der Waals surface area contributed by atoms with Crippen molar-refractivity contribution in [1.82, 2.24) is 9.80 Å². The molecule has 1 aliphatic carbocycles. The molecule has 0 aromatic rings. The van der Waals surface area contributed by atoms with E-state index in [4.69, 9.17) is 5.73 Å². The zero-order valence-electron chi connectivity index (χ0n) is 10.0. The third kappa shape index (κ3) is 2.43. The van der Waals surface area contributed by atoms with Crippen molar-refractivity contribution in [3.63, 3.8) is 0 Å². The zero-order chi connectivity index (χ0) is 11.1. The second kappa shape index (κ2) is 3.67.